The van der Waals surface area contributed by atoms with Crippen LogP contribution in [-0.2, 0) is 0 Å². The van der Waals surface area contributed by atoms with Crippen molar-refractivity contribution in [3.05, 3.63) is 35.9 Å². The van der Waals surface area contributed by atoms with Gasteiger partial charge in [0.1, 0.15) is 0 Å². The third-order valence-corrected chi connectivity index (χ3v) is 4.27. The average molecular weight is 324 g/mol. The highest BCUT2D eigenvalue weighted by atomic mass is 16.3. The highest BCUT2D eigenvalue weighted by Gasteiger charge is 2.19. The van der Waals surface area contributed by atoms with Crippen molar-refractivity contribution in [3.63, 3.8) is 0 Å². The molecule has 1 aromatic carbocycles. The van der Waals surface area contributed by atoms with E-state index >= 15 is 0 Å². The molecule has 1 aliphatic carbocycles. The summed E-state index contributed by atoms with van der Waals surface area (Å²) in [5.74, 6) is 0. The second kappa shape index (κ2) is 12.4. The number of benzene rings is 1. The van der Waals surface area contributed by atoms with Crippen LogP contribution in [0.2, 0.25) is 0 Å². The number of hydrogen-bond donors (Lipinski definition) is 4. The standard InChI is InChI=1S/C10H21NO2.C8H11NO/c12-8-6-11(7-9-13)10-4-2-1-3-5-10;9-6-8(10)7-4-2-1-3-5-7/h10,12-13H,1-9H2;1-5,8,10H,6,9H2. The fraction of sp³-hybridized carbons (Fsp3) is 0.667. The Hall–Kier alpha value is -0.980. The van der Waals surface area contributed by atoms with Crippen LogP contribution in [0.15, 0.2) is 30.3 Å². The Bertz CT molecular complexity index is 377. The Morgan fingerprint density at radius 3 is 2.04 bits per heavy atom. The Labute approximate surface area is 139 Å². The Balaban J connectivity index is 0.000000238. The van der Waals surface area contributed by atoms with E-state index < -0.39 is 6.10 Å². The SMILES string of the molecule is NCC(O)c1ccccc1.OCCN(CCO)C1CCCCC1. The van der Waals surface area contributed by atoms with Crippen LogP contribution < -0.4 is 5.73 Å². The van der Waals surface area contributed by atoms with E-state index in [9.17, 15) is 5.11 Å². The minimum Gasteiger partial charge on any atom is -0.395 e. The van der Waals surface area contributed by atoms with Gasteiger partial charge in [0.2, 0.25) is 0 Å². The zero-order valence-corrected chi connectivity index (χ0v) is 14.0. The lowest BCUT2D eigenvalue weighted by molar-refractivity contribution is 0.101. The minimum absolute atomic E-state index is 0.205. The van der Waals surface area contributed by atoms with Crippen LogP contribution >= 0.6 is 0 Å². The van der Waals surface area contributed by atoms with E-state index in [1.165, 1.54) is 32.1 Å². The van der Waals surface area contributed by atoms with Crippen LogP contribution in [0, 0.1) is 0 Å². The summed E-state index contributed by atoms with van der Waals surface area (Å²) < 4.78 is 0. The predicted octanol–water partition coefficient (Wildman–Crippen LogP) is 1.28. The molecular weight excluding hydrogens is 292 g/mol. The number of nitrogens with zero attached hydrogens (tertiary/aromatic N) is 1. The van der Waals surface area contributed by atoms with Crippen LogP contribution in [0.3, 0.4) is 0 Å². The van der Waals surface area contributed by atoms with Gasteiger partial charge in [-0.25, -0.2) is 0 Å². The molecule has 0 saturated heterocycles. The molecule has 23 heavy (non-hydrogen) atoms. The fourth-order valence-electron chi connectivity index (χ4n) is 2.99. The van der Waals surface area contributed by atoms with Crippen molar-refractivity contribution in [2.75, 3.05) is 32.8 Å². The summed E-state index contributed by atoms with van der Waals surface area (Å²) in [6, 6.07) is 10.00. The van der Waals surface area contributed by atoms with Crippen LogP contribution in [-0.4, -0.2) is 59.1 Å². The molecule has 0 spiro atoms. The van der Waals surface area contributed by atoms with E-state index in [1.807, 2.05) is 30.3 Å². The van der Waals surface area contributed by atoms with Crippen molar-refractivity contribution in [1.82, 2.24) is 4.90 Å². The molecule has 5 heteroatoms. The molecule has 1 unspecified atom stereocenters. The van der Waals surface area contributed by atoms with Crippen molar-refractivity contribution in [2.24, 2.45) is 5.73 Å². The maximum atomic E-state index is 9.20. The molecule has 1 aromatic rings. The summed E-state index contributed by atoms with van der Waals surface area (Å²) in [6.45, 7) is 2.12. The summed E-state index contributed by atoms with van der Waals surface area (Å²) in [4.78, 5) is 2.22. The van der Waals surface area contributed by atoms with Gasteiger partial charge in [0.15, 0.2) is 0 Å². The second-order valence-corrected chi connectivity index (χ2v) is 5.94. The van der Waals surface area contributed by atoms with Crippen molar-refractivity contribution >= 4 is 0 Å². The first-order chi connectivity index (χ1) is 11.2. The first kappa shape index (κ1) is 20.1. The molecular formula is C18H32N2O3. The molecule has 1 saturated carbocycles. The Morgan fingerprint density at radius 1 is 1.00 bits per heavy atom. The molecule has 132 valence electrons. The van der Waals surface area contributed by atoms with E-state index in [0.717, 1.165) is 5.56 Å². The van der Waals surface area contributed by atoms with Gasteiger partial charge in [-0.3, -0.25) is 4.90 Å². The molecule has 0 aromatic heterocycles. The average Bonchev–Trinajstić information content (AvgIpc) is 2.63. The zero-order chi connectivity index (χ0) is 16.9. The molecule has 2 rings (SSSR count). The topological polar surface area (TPSA) is 90.0 Å². The number of rotatable bonds is 7. The van der Waals surface area contributed by atoms with Gasteiger partial charge < -0.3 is 21.1 Å². The first-order valence-electron chi connectivity index (χ1n) is 8.61. The van der Waals surface area contributed by atoms with Gasteiger partial charge in [0.25, 0.3) is 0 Å². The van der Waals surface area contributed by atoms with E-state index in [4.69, 9.17) is 15.9 Å². The molecule has 1 atom stereocenters. The summed E-state index contributed by atoms with van der Waals surface area (Å²) in [5, 5.41) is 26.9. The van der Waals surface area contributed by atoms with Crippen LogP contribution in [0.4, 0.5) is 0 Å². The van der Waals surface area contributed by atoms with Crippen LogP contribution in [0.25, 0.3) is 0 Å². The summed E-state index contributed by atoms with van der Waals surface area (Å²) in [6.07, 6.45) is 5.92. The fourth-order valence-corrected chi connectivity index (χ4v) is 2.99. The van der Waals surface area contributed by atoms with Crippen LogP contribution in [0.1, 0.15) is 43.8 Å². The number of nitrogens with two attached hydrogens (primary N) is 1. The predicted molar refractivity (Wildman–Crippen MR) is 93.1 cm³/mol. The lowest BCUT2D eigenvalue weighted by Gasteiger charge is -2.33. The van der Waals surface area contributed by atoms with E-state index in [2.05, 4.69) is 4.90 Å². The lowest BCUT2D eigenvalue weighted by atomic mass is 9.94. The minimum atomic E-state index is -0.513. The lowest BCUT2D eigenvalue weighted by Crippen LogP contribution is -2.40. The molecule has 1 fully saturated rings. The van der Waals surface area contributed by atoms with Crippen LogP contribution in [0.5, 0.6) is 0 Å². The third-order valence-electron chi connectivity index (χ3n) is 4.27. The highest BCUT2D eigenvalue weighted by molar-refractivity contribution is 5.17. The number of aliphatic hydroxyl groups is 3. The van der Waals surface area contributed by atoms with E-state index in [1.54, 1.807) is 0 Å². The van der Waals surface area contributed by atoms with Gasteiger partial charge in [0.05, 0.1) is 19.3 Å². The van der Waals surface area contributed by atoms with E-state index in [-0.39, 0.29) is 19.8 Å². The third kappa shape index (κ3) is 7.90. The van der Waals surface area contributed by atoms with Gasteiger partial charge in [0, 0.05) is 25.7 Å². The van der Waals surface area contributed by atoms with Gasteiger partial charge in [-0.2, -0.15) is 0 Å². The Morgan fingerprint density at radius 2 is 1.57 bits per heavy atom. The molecule has 5 nitrogen and oxygen atoms in total. The maximum absolute atomic E-state index is 9.20. The molecule has 0 radical (unpaired) electrons. The summed E-state index contributed by atoms with van der Waals surface area (Å²) >= 11 is 0. The maximum Gasteiger partial charge on any atom is 0.0912 e. The largest absolute Gasteiger partial charge is 0.395 e. The molecule has 1 aliphatic rings. The molecule has 0 aliphatic heterocycles. The number of hydrogen-bond acceptors (Lipinski definition) is 5. The molecule has 5 N–H and O–H groups in total. The van der Waals surface area contributed by atoms with Crippen molar-refractivity contribution in [1.29, 1.82) is 0 Å². The molecule has 0 bridgehead atoms. The highest BCUT2D eigenvalue weighted by Crippen LogP contribution is 2.21. The smallest absolute Gasteiger partial charge is 0.0912 e. The summed E-state index contributed by atoms with van der Waals surface area (Å²) in [7, 11) is 0. The second-order valence-electron chi connectivity index (χ2n) is 5.94. The van der Waals surface area contributed by atoms with E-state index in [0.29, 0.717) is 19.1 Å². The van der Waals surface area contributed by atoms with Gasteiger partial charge in [-0.05, 0) is 18.4 Å². The van der Waals surface area contributed by atoms with Crippen molar-refractivity contribution in [2.45, 2.75) is 44.2 Å². The molecule has 0 heterocycles. The zero-order valence-electron chi connectivity index (χ0n) is 14.0. The van der Waals surface area contributed by atoms with Gasteiger partial charge in [-0.1, -0.05) is 49.6 Å². The Kier molecular flexibility index (Phi) is 10.9. The number of aliphatic hydroxyl groups excluding tert-OH is 3. The van der Waals surface area contributed by atoms with Crippen molar-refractivity contribution in [3.8, 4) is 0 Å². The molecule has 0 amide bonds. The monoisotopic (exact) mass is 324 g/mol. The van der Waals surface area contributed by atoms with Crippen molar-refractivity contribution < 1.29 is 15.3 Å². The quantitative estimate of drug-likeness (QED) is 0.607. The summed E-state index contributed by atoms with van der Waals surface area (Å²) in [5.41, 5.74) is 6.13. The normalized spacial score (nSPS) is 16.7. The first-order valence-corrected chi connectivity index (χ1v) is 8.61. The van der Waals surface area contributed by atoms with Gasteiger partial charge in [-0.15, -0.1) is 0 Å². The van der Waals surface area contributed by atoms with Gasteiger partial charge >= 0.3 is 0 Å².